The molecule has 9 heteroatoms. The van der Waals surface area contributed by atoms with Gasteiger partial charge in [-0.05, 0) is 18.1 Å². The zero-order valence-electron chi connectivity index (χ0n) is 12.4. The number of imide groups is 1. The Kier molecular flexibility index (Phi) is 7.25. The minimum Gasteiger partial charge on any atom is -0.452 e. The first-order valence-corrected chi connectivity index (χ1v) is 7.35. The van der Waals surface area contributed by atoms with Gasteiger partial charge in [0, 0.05) is 6.54 Å². The Morgan fingerprint density at radius 1 is 1.22 bits per heavy atom. The van der Waals surface area contributed by atoms with E-state index in [2.05, 4.69) is 10.1 Å². The molecule has 0 atom stereocenters. The van der Waals surface area contributed by atoms with Gasteiger partial charge in [0.1, 0.15) is 5.82 Å². The van der Waals surface area contributed by atoms with E-state index in [1.54, 1.807) is 0 Å². The molecule has 0 bridgehead atoms. The van der Waals surface area contributed by atoms with Gasteiger partial charge in [-0.3, -0.25) is 10.1 Å². The van der Waals surface area contributed by atoms with Crippen LogP contribution in [-0.2, 0) is 9.53 Å². The molecule has 3 amide bonds. The fraction of sp³-hybridized carbons (Fsp3) is 0.357. The summed E-state index contributed by atoms with van der Waals surface area (Å²) in [6, 6.07) is 1.16. The molecular formula is C14H15Cl2FN2O4. The number of ether oxygens (including phenoxy) is 1. The summed E-state index contributed by atoms with van der Waals surface area (Å²) in [6.07, 6.45) is 0. The lowest BCUT2D eigenvalue weighted by atomic mass is 10.2. The van der Waals surface area contributed by atoms with Crippen molar-refractivity contribution in [2.45, 2.75) is 13.8 Å². The number of carbonyl (C=O) groups excluding carboxylic acids is 3. The molecule has 0 aliphatic rings. The van der Waals surface area contributed by atoms with Crippen molar-refractivity contribution >= 4 is 41.1 Å². The highest BCUT2D eigenvalue weighted by Gasteiger charge is 2.17. The highest BCUT2D eigenvalue weighted by molar-refractivity contribution is 6.36. The standard InChI is InChI=1S/C14H15Cl2FN2O4/c1-7(2)5-18-14(22)19-12(20)6-23-13(21)8-3-11(17)10(16)4-9(8)15/h3-4,7H,5-6H2,1-2H3,(H2,18,19,20,22). The zero-order chi connectivity index (χ0) is 17.6. The van der Waals surface area contributed by atoms with Crippen molar-refractivity contribution in [3.63, 3.8) is 0 Å². The summed E-state index contributed by atoms with van der Waals surface area (Å²) in [6.45, 7) is 3.45. The van der Waals surface area contributed by atoms with E-state index in [0.29, 0.717) is 6.54 Å². The van der Waals surface area contributed by atoms with Crippen LogP contribution in [0.25, 0.3) is 0 Å². The van der Waals surface area contributed by atoms with Crippen LogP contribution in [0.4, 0.5) is 9.18 Å². The van der Waals surface area contributed by atoms with Crippen molar-refractivity contribution in [3.8, 4) is 0 Å². The van der Waals surface area contributed by atoms with E-state index in [1.165, 1.54) is 0 Å². The second-order valence-corrected chi connectivity index (χ2v) is 5.79. The van der Waals surface area contributed by atoms with Gasteiger partial charge in [0.2, 0.25) is 0 Å². The predicted octanol–water partition coefficient (Wildman–Crippen LogP) is 2.77. The molecule has 23 heavy (non-hydrogen) atoms. The summed E-state index contributed by atoms with van der Waals surface area (Å²) >= 11 is 11.3. The Morgan fingerprint density at radius 2 is 1.87 bits per heavy atom. The zero-order valence-corrected chi connectivity index (χ0v) is 13.9. The average molecular weight is 365 g/mol. The van der Waals surface area contributed by atoms with Gasteiger partial charge >= 0.3 is 12.0 Å². The monoisotopic (exact) mass is 364 g/mol. The number of amides is 3. The van der Waals surface area contributed by atoms with Crippen molar-refractivity contribution in [2.24, 2.45) is 5.92 Å². The SMILES string of the molecule is CC(C)CNC(=O)NC(=O)COC(=O)c1cc(F)c(Cl)cc1Cl. The topological polar surface area (TPSA) is 84.5 Å². The molecule has 0 saturated carbocycles. The minimum absolute atomic E-state index is 0.114. The van der Waals surface area contributed by atoms with Crippen LogP contribution in [0, 0.1) is 11.7 Å². The average Bonchev–Trinajstić information content (AvgIpc) is 2.46. The highest BCUT2D eigenvalue weighted by Crippen LogP contribution is 2.24. The second kappa shape index (κ2) is 8.69. The number of rotatable bonds is 5. The molecule has 0 spiro atoms. The quantitative estimate of drug-likeness (QED) is 0.621. The molecule has 0 unspecified atom stereocenters. The lowest BCUT2D eigenvalue weighted by Crippen LogP contribution is -2.42. The van der Waals surface area contributed by atoms with Crippen molar-refractivity contribution in [2.75, 3.05) is 13.2 Å². The van der Waals surface area contributed by atoms with E-state index in [0.717, 1.165) is 12.1 Å². The maximum Gasteiger partial charge on any atom is 0.340 e. The first kappa shape index (κ1) is 19.2. The molecule has 0 fully saturated rings. The number of nitrogens with one attached hydrogen (secondary N) is 2. The van der Waals surface area contributed by atoms with Crippen LogP contribution in [0.3, 0.4) is 0 Å². The minimum atomic E-state index is -1.01. The number of hydrogen-bond acceptors (Lipinski definition) is 4. The third-order valence-corrected chi connectivity index (χ3v) is 3.09. The third-order valence-electron chi connectivity index (χ3n) is 2.49. The van der Waals surface area contributed by atoms with Gasteiger partial charge in [0.15, 0.2) is 6.61 Å². The first-order chi connectivity index (χ1) is 10.7. The van der Waals surface area contributed by atoms with Crippen molar-refractivity contribution < 1.29 is 23.5 Å². The molecule has 0 saturated heterocycles. The van der Waals surface area contributed by atoms with Crippen LogP contribution in [0.15, 0.2) is 12.1 Å². The van der Waals surface area contributed by atoms with E-state index >= 15 is 0 Å². The van der Waals surface area contributed by atoms with Gasteiger partial charge in [-0.1, -0.05) is 37.0 Å². The van der Waals surface area contributed by atoms with Crippen LogP contribution < -0.4 is 10.6 Å². The normalized spacial score (nSPS) is 10.3. The molecule has 1 rings (SSSR count). The van der Waals surface area contributed by atoms with E-state index in [1.807, 2.05) is 19.2 Å². The Hall–Kier alpha value is -1.86. The number of benzene rings is 1. The molecule has 1 aromatic carbocycles. The number of urea groups is 1. The fourth-order valence-corrected chi connectivity index (χ4v) is 1.85. The maximum atomic E-state index is 13.3. The molecular weight excluding hydrogens is 350 g/mol. The molecule has 0 aliphatic carbocycles. The molecule has 0 aliphatic heterocycles. The lowest BCUT2D eigenvalue weighted by Gasteiger charge is -2.09. The van der Waals surface area contributed by atoms with Crippen LogP contribution >= 0.6 is 23.2 Å². The molecule has 0 aromatic heterocycles. The predicted molar refractivity (Wildman–Crippen MR) is 83.1 cm³/mol. The summed E-state index contributed by atoms with van der Waals surface area (Å²) in [7, 11) is 0. The molecule has 0 heterocycles. The van der Waals surface area contributed by atoms with Crippen molar-refractivity contribution in [1.82, 2.24) is 10.6 Å². The molecule has 0 radical (unpaired) electrons. The molecule has 1 aromatic rings. The van der Waals surface area contributed by atoms with E-state index in [-0.39, 0.29) is 21.5 Å². The summed E-state index contributed by atoms with van der Waals surface area (Å²) < 4.78 is 18.0. The third kappa shape index (κ3) is 6.42. The molecule has 6 nitrogen and oxygen atoms in total. The summed E-state index contributed by atoms with van der Waals surface area (Å²) in [5.41, 5.74) is -0.273. The van der Waals surface area contributed by atoms with Gasteiger partial charge in [0.05, 0.1) is 15.6 Å². The maximum absolute atomic E-state index is 13.3. The number of hydrogen-bond donors (Lipinski definition) is 2. The summed E-state index contributed by atoms with van der Waals surface area (Å²) in [5, 5.41) is 4.08. The van der Waals surface area contributed by atoms with Crippen LogP contribution in [0.2, 0.25) is 10.0 Å². The van der Waals surface area contributed by atoms with Gasteiger partial charge in [-0.25, -0.2) is 14.0 Å². The molecule has 2 N–H and O–H groups in total. The Balaban J connectivity index is 2.51. The van der Waals surface area contributed by atoms with Crippen molar-refractivity contribution in [3.05, 3.63) is 33.6 Å². The lowest BCUT2D eigenvalue weighted by molar-refractivity contribution is -0.123. The van der Waals surface area contributed by atoms with Crippen LogP contribution in [0.1, 0.15) is 24.2 Å². The summed E-state index contributed by atoms with van der Waals surface area (Å²) in [4.78, 5) is 34.5. The largest absolute Gasteiger partial charge is 0.452 e. The summed E-state index contributed by atoms with van der Waals surface area (Å²) in [5.74, 6) is -2.47. The van der Waals surface area contributed by atoms with Crippen molar-refractivity contribution in [1.29, 1.82) is 0 Å². The van der Waals surface area contributed by atoms with Gasteiger partial charge < -0.3 is 10.1 Å². The first-order valence-electron chi connectivity index (χ1n) is 6.60. The van der Waals surface area contributed by atoms with E-state index in [4.69, 9.17) is 23.2 Å². The van der Waals surface area contributed by atoms with Gasteiger partial charge in [-0.2, -0.15) is 0 Å². The van der Waals surface area contributed by atoms with Crippen LogP contribution in [-0.4, -0.2) is 31.1 Å². The Labute approximate surface area is 142 Å². The fourth-order valence-electron chi connectivity index (χ4n) is 1.39. The molecule has 126 valence electrons. The van der Waals surface area contributed by atoms with Crippen LogP contribution in [0.5, 0.6) is 0 Å². The van der Waals surface area contributed by atoms with E-state index in [9.17, 15) is 18.8 Å². The highest BCUT2D eigenvalue weighted by atomic mass is 35.5. The van der Waals surface area contributed by atoms with Gasteiger partial charge in [-0.15, -0.1) is 0 Å². The number of carbonyl (C=O) groups is 3. The Morgan fingerprint density at radius 3 is 2.48 bits per heavy atom. The smallest absolute Gasteiger partial charge is 0.340 e. The van der Waals surface area contributed by atoms with E-state index < -0.39 is 30.3 Å². The number of halogens is 3. The Bertz CT molecular complexity index is 623. The second-order valence-electron chi connectivity index (χ2n) is 4.97. The van der Waals surface area contributed by atoms with Gasteiger partial charge in [0.25, 0.3) is 5.91 Å². The number of esters is 1.